The van der Waals surface area contributed by atoms with E-state index in [1.807, 2.05) is 26.0 Å². The smallest absolute Gasteiger partial charge is 0.345 e. The molecule has 3 aliphatic rings. The van der Waals surface area contributed by atoms with Gasteiger partial charge in [-0.1, -0.05) is 19.8 Å². The number of hydrogen-bond donors (Lipinski definition) is 1. The summed E-state index contributed by atoms with van der Waals surface area (Å²) < 4.78 is 25.9. The normalized spacial score (nSPS) is 25.8. The highest BCUT2D eigenvalue weighted by Crippen LogP contribution is 2.36. The molecule has 1 atom stereocenters. The molecule has 2 aliphatic heterocycles. The molecule has 2 heterocycles. The minimum Gasteiger partial charge on any atom is -0.345 e. The van der Waals surface area contributed by atoms with Crippen molar-refractivity contribution >= 4 is 27.7 Å². The van der Waals surface area contributed by atoms with Crippen LogP contribution in [0.4, 0.5) is 0 Å². The lowest BCUT2D eigenvalue weighted by Crippen LogP contribution is -2.51. The van der Waals surface area contributed by atoms with Crippen molar-refractivity contribution in [3.05, 3.63) is 34.4 Å². The van der Waals surface area contributed by atoms with Gasteiger partial charge in [0.2, 0.25) is 0 Å². The average molecular weight is 518 g/mol. The number of nitrogens with one attached hydrogen (secondary N) is 1. The summed E-state index contributed by atoms with van der Waals surface area (Å²) in [5.41, 5.74) is 2.75. The fourth-order valence-corrected chi connectivity index (χ4v) is 7.36. The molecule has 0 aromatic heterocycles. The molecule has 2 fully saturated rings. The Labute approximate surface area is 215 Å². The van der Waals surface area contributed by atoms with E-state index in [-0.39, 0.29) is 17.6 Å². The third-order valence-electron chi connectivity index (χ3n) is 8.32. The summed E-state index contributed by atoms with van der Waals surface area (Å²) in [6, 6.07) is 3.71. The van der Waals surface area contributed by atoms with Crippen LogP contribution in [0.15, 0.2) is 17.1 Å². The molecule has 1 aromatic carbocycles. The number of piperidine rings is 1. The van der Waals surface area contributed by atoms with Crippen LogP contribution in [0.3, 0.4) is 0 Å². The molecule has 1 aromatic rings. The molecule has 1 aliphatic carbocycles. The van der Waals surface area contributed by atoms with Crippen molar-refractivity contribution in [1.82, 2.24) is 14.5 Å². The van der Waals surface area contributed by atoms with Crippen LogP contribution in [-0.2, 0) is 21.2 Å². The fraction of sp³-hybridized carbons (Fsp3) is 0.667. The maximum Gasteiger partial charge on any atom is 0.345 e. The van der Waals surface area contributed by atoms with E-state index >= 15 is 0 Å². The van der Waals surface area contributed by atoms with E-state index in [9.17, 15) is 18.0 Å². The third kappa shape index (κ3) is 5.37. The van der Waals surface area contributed by atoms with Crippen molar-refractivity contribution in [2.45, 2.75) is 71.3 Å². The maximum atomic E-state index is 13.3. The predicted molar refractivity (Wildman–Crippen MR) is 143 cm³/mol. The van der Waals surface area contributed by atoms with Gasteiger partial charge in [0.05, 0.1) is 0 Å². The van der Waals surface area contributed by atoms with Gasteiger partial charge < -0.3 is 10.2 Å². The Morgan fingerprint density at radius 2 is 1.75 bits per heavy atom. The van der Waals surface area contributed by atoms with Crippen LogP contribution in [0, 0.1) is 25.7 Å². The minimum absolute atomic E-state index is 0.0428. The highest BCUT2D eigenvalue weighted by molar-refractivity contribution is 7.89. The Morgan fingerprint density at radius 1 is 1.17 bits per heavy atom. The van der Waals surface area contributed by atoms with Gasteiger partial charge in [-0.15, -0.1) is 0 Å². The molecular formula is C27H41N4O4S+. The van der Waals surface area contributed by atoms with Crippen LogP contribution >= 0.6 is 0 Å². The van der Waals surface area contributed by atoms with E-state index < -0.39 is 15.6 Å². The molecule has 0 radical (unpaired) electrons. The number of benzene rings is 1. The number of aliphatic imine (C=N–C) groups is 1. The van der Waals surface area contributed by atoms with Crippen LogP contribution in [0.2, 0.25) is 0 Å². The van der Waals surface area contributed by atoms with Crippen molar-refractivity contribution in [2.75, 3.05) is 32.9 Å². The first-order valence-electron chi connectivity index (χ1n) is 13.1. The van der Waals surface area contributed by atoms with E-state index in [4.69, 9.17) is 4.99 Å². The molecule has 1 spiro atoms. The van der Waals surface area contributed by atoms with Crippen LogP contribution in [0.1, 0.15) is 72.5 Å². The van der Waals surface area contributed by atoms with Gasteiger partial charge in [0.1, 0.15) is 17.1 Å². The summed E-state index contributed by atoms with van der Waals surface area (Å²) in [6.07, 6.45) is 5.84. The molecule has 8 nitrogen and oxygen atoms in total. The number of amidine groups is 1. The van der Waals surface area contributed by atoms with Gasteiger partial charge in [0.25, 0.3) is 11.8 Å². The SMILES string of the molecule is Cc1cc(C(=O)N(C)C)cc(C)c1CCS(=O)(=[OH+])N1CCC2(CC1)N=C(C1CCC(C)CC1)NC2=O. The molecule has 1 unspecified atom stereocenters. The lowest BCUT2D eigenvalue weighted by atomic mass is 9.82. The van der Waals surface area contributed by atoms with Crippen LogP contribution in [0.25, 0.3) is 0 Å². The van der Waals surface area contributed by atoms with E-state index in [2.05, 4.69) is 12.2 Å². The molecule has 0 bridgehead atoms. The number of carbonyl (C=O) groups is 2. The van der Waals surface area contributed by atoms with Gasteiger partial charge in [-0.3, -0.25) is 14.6 Å². The first kappa shape index (κ1) is 26.8. The summed E-state index contributed by atoms with van der Waals surface area (Å²) >= 11 is 0. The third-order valence-corrected chi connectivity index (χ3v) is 10.2. The minimum atomic E-state index is -3.23. The van der Waals surface area contributed by atoms with Gasteiger partial charge in [0, 0.05) is 38.7 Å². The van der Waals surface area contributed by atoms with E-state index in [0.717, 1.165) is 41.3 Å². The lowest BCUT2D eigenvalue weighted by molar-refractivity contribution is -0.125. The first-order chi connectivity index (χ1) is 16.9. The summed E-state index contributed by atoms with van der Waals surface area (Å²) in [6.45, 7) is 6.91. The number of carbonyl (C=O) groups excluding carboxylic acids is 2. The van der Waals surface area contributed by atoms with E-state index in [1.54, 1.807) is 23.3 Å². The molecule has 36 heavy (non-hydrogen) atoms. The Hall–Kier alpha value is -2.26. The Balaban J connectivity index is 1.39. The second-order valence-electron chi connectivity index (χ2n) is 11.2. The molecule has 2 N–H and O–H groups in total. The fourth-order valence-electron chi connectivity index (χ4n) is 5.88. The maximum absolute atomic E-state index is 13.3. The van der Waals surface area contributed by atoms with Gasteiger partial charge in [-0.2, -0.15) is 8.51 Å². The number of nitrogens with zero attached hydrogens (tertiary/aromatic N) is 3. The van der Waals surface area contributed by atoms with Gasteiger partial charge in [0.15, 0.2) is 0 Å². The van der Waals surface area contributed by atoms with Crippen molar-refractivity contribution in [1.29, 1.82) is 0 Å². The summed E-state index contributed by atoms with van der Waals surface area (Å²) in [5, 5.41) is 3.06. The van der Waals surface area contributed by atoms with Crippen molar-refractivity contribution in [3.63, 3.8) is 0 Å². The zero-order valence-electron chi connectivity index (χ0n) is 22.3. The quantitative estimate of drug-likeness (QED) is 0.586. The molecule has 9 heteroatoms. The topological polar surface area (TPSA) is 103 Å². The average Bonchev–Trinajstić information content (AvgIpc) is 3.13. The molecule has 1 saturated heterocycles. The highest BCUT2D eigenvalue weighted by Gasteiger charge is 2.49. The number of hydrogen-bond acceptors (Lipinski definition) is 4. The van der Waals surface area contributed by atoms with Gasteiger partial charge in [-0.25, -0.2) is 4.21 Å². The van der Waals surface area contributed by atoms with Crippen molar-refractivity contribution < 1.29 is 18.0 Å². The Kier molecular flexibility index (Phi) is 7.62. The molecule has 2 amide bonds. The summed E-state index contributed by atoms with van der Waals surface area (Å²) in [5.74, 6) is 1.92. The van der Waals surface area contributed by atoms with E-state index in [0.29, 0.717) is 43.8 Å². The Morgan fingerprint density at radius 3 is 2.31 bits per heavy atom. The zero-order chi connectivity index (χ0) is 26.3. The number of rotatable bonds is 6. The predicted octanol–water partition coefficient (Wildman–Crippen LogP) is 3.22. The molecule has 198 valence electrons. The summed E-state index contributed by atoms with van der Waals surface area (Å²) in [4.78, 5) is 31.7. The number of amides is 2. The molecule has 1 saturated carbocycles. The second kappa shape index (κ2) is 10.2. The standard InChI is InChI=1S/C27H40N4O4S/c1-18-6-8-21(9-7-18)24-28-26(33)27(29-24)11-13-31(14-12-27)36(34,35)15-10-23-19(2)16-22(17-20(23)3)25(32)30(4)5/h16-18,21H,6-15H2,1-5H3,(H,28,29,33)/p+1. The highest BCUT2D eigenvalue weighted by atomic mass is 32.2. The number of aryl methyl sites for hydroxylation is 2. The van der Waals surface area contributed by atoms with Crippen LogP contribution in [0.5, 0.6) is 0 Å². The van der Waals surface area contributed by atoms with Crippen molar-refractivity contribution in [2.24, 2.45) is 16.8 Å². The molecule has 4 rings (SSSR count). The second-order valence-corrected chi connectivity index (χ2v) is 13.4. The van der Waals surface area contributed by atoms with E-state index in [1.165, 1.54) is 12.8 Å². The van der Waals surface area contributed by atoms with Crippen LogP contribution < -0.4 is 5.32 Å². The Bertz CT molecular complexity index is 1140. The van der Waals surface area contributed by atoms with Crippen molar-refractivity contribution in [3.8, 4) is 0 Å². The summed E-state index contributed by atoms with van der Waals surface area (Å²) in [7, 11) is 0.218. The largest absolute Gasteiger partial charge is 0.345 e. The zero-order valence-corrected chi connectivity index (χ0v) is 23.1. The monoisotopic (exact) mass is 517 g/mol. The van der Waals surface area contributed by atoms with Crippen LogP contribution in [-0.4, -0.2) is 73.7 Å². The van der Waals surface area contributed by atoms with Gasteiger partial charge >= 0.3 is 10.0 Å². The first-order valence-corrected chi connectivity index (χ1v) is 14.8. The lowest BCUT2D eigenvalue weighted by Gasteiger charge is -2.33. The molecular weight excluding hydrogens is 476 g/mol. The van der Waals surface area contributed by atoms with Gasteiger partial charge in [-0.05, 0) is 80.7 Å².